The number of benzene rings is 3. The minimum Gasteiger partial charge on any atom is -0.494 e. The SMILES string of the molecule is CCOc1ccc2c(c1)C1NNC(c3ccc4c(c3)OCO4)C1CN2Cc1cccc(F)c1. The van der Waals surface area contributed by atoms with E-state index in [0.29, 0.717) is 13.2 Å². The van der Waals surface area contributed by atoms with Crippen molar-refractivity contribution in [3.8, 4) is 17.2 Å². The first-order valence-electron chi connectivity index (χ1n) is 11.4. The minimum absolute atomic E-state index is 0.0865. The fourth-order valence-electron chi connectivity index (χ4n) is 5.23. The third-order valence-corrected chi connectivity index (χ3v) is 6.69. The van der Waals surface area contributed by atoms with Crippen LogP contribution in [-0.4, -0.2) is 19.9 Å². The molecule has 6 nitrogen and oxygen atoms in total. The molecule has 3 aromatic carbocycles. The number of nitrogens with zero attached hydrogens (tertiary/aromatic N) is 1. The monoisotopic (exact) mass is 447 g/mol. The van der Waals surface area contributed by atoms with Crippen LogP contribution < -0.4 is 30.0 Å². The summed E-state index contributed by atoms with van der Waals surface area (Å²) < 4.78 is 30.8. The molecule has 0 saturated carbocycles. The van der Waals surface area contributed by atoms with Crippen LogP contribution >= 0.6 is 0 Å². The van der Waals surface area contributed by atoms with Crippen LogP contribution in [0.25, 0.3) is 0 Å². The molecule has 3 aromatic rings. The van der Waals surface area contributed by atoms with E-state index < -0.39 is 0 Å². The number of hydrazine groups is 1. The quantitative estimate of drug-likeness (QED) is 0.602. The molecule has 2 N–H and O–H groups in total. The summed E-state index contributed by atoms with van der Waals surface area (Å²) in [7, 11) is 0. The van der Waals surface area contributed by atoms with Crippen molar-refractivity contribution >= 4 is 5.69 Å². The Morgan fingerprint density at radius 3 is 2.76 bits per heavy atom. The number of rotatable bonds is 5. The van der Waals surface area contributed by atoms with Crippen molar-refractivity contribution in [2.24, 2.45) is 5.92 Å². The highest BCUT2D eigenvalue weighted by Crippen LogP contribution is 2.47. The Balaban J connectivity index is 1.37. The highest BCUT2D eigenvalue weighted by Gasteiger charge is 2.43. The lowest BCUT2D eigenvalue weighted by molar-refractivity contribution is 0.174. The van der Waals surface area contributed by atoms with E-state index in [9.17, 15) is 4.39 Å². The fourth-order valence-corrected chi connectivity index (χ4v) is 5.23. The molecule has 3 heterocycles. The third kappa shape index (κ3) is 3.67. The van der Waals surface area contributed by atoms with Gasteiger partial charge in [0.2, 0.25) is 6.79 Å². The van der Waals surface area contributed by atoms with Crippen LogP contribution in [0.15, 0.2) is 60.7 Å². The van der Waals surface area contributed by atoms with Crippen LogP contribution in [0, 0.1) is 11.7 Å². The van der Waals surface area contributed by atoms with Gasteiger partial charge in [0.05, 0.1) is 18.7 Å². The van der Waals surface area contributed by atoms with Crippen molar-refractivity contribution in [2.75, 3.05) is 24.8 Å². The molecule has 0 bridgehead atoms. The second kappa shape index (κ2) is 8.24. The molecule has 0 spiro atoms. The first-order valence-corrected chi connectivity index (χ1v) is 11.4. The predicted molar refractivity (Wildman–Crippen MR) is 123 cm³/mol. The van der Waals surface area contributed by atoms with Crippen molar-refractivity contribution in [1.29, 1.82) is 0 Å². The Hall–Kier alpha value is -3.29. The van der Waals surface area contributed by atoms with Gasteiger partial charge in [0.25, 0.3) is 0 Å². The van der Waals surface area contributed by atoms with Crippen molar-refractivity contribution in [2.45, 2.75) is 25.6 Å². The zero-order valence-corrected chi connectivity index (χ0v) is 18.4. The van der Waals surface area contributed by atoms with Gasteiger partial charge < -0.3 is 19.1 Å². The van der Waals surface area contributed by atoms with E-state index in [1.54, 1.807) is 12.1 Å². The Morgan fingerprint density at radius 1 is 1.00 bits per heavy atom. The van der Waals surface area contributed by atoms with E-state index >= 15 is 0 Å². The van der Waals surface area contributed by atoms with Gasteiger partial charge in [-0.2, -0.15) is 0 Å². The average molecular weight is 448 g/mol. The normalized spacial score (nSPS) is 22.7. The molecule has 3 unspecified atom stereocenters. The molecule has 3 atom stereocenters. The van der Waals surface area contributed by atoms with E-state index in [2.05, 4.69) is 40.0 Å². The van der Waals surface area contributed by atoms with Crippen molar-refractivity contribution in [1.82, 2.24) is 10.9 Å². The lowest BCUT2D eigenvalue weighted by Gasteiger charge is -2.39. The highest BCUT2D eigenvalue weighted by atomic mass is 19.1. The molecule has 3 aliphatic rings. The molecule has 3 aliphatic heterocycles. The number of anilines is 1. The maximum Gasteiger partial charge on any atom is 0.231 e. The Kier molecular flexibility index (Phi) is 5.08. The first kappa shape index (κ1) is 20.3. The van der Waals surface area contributed by atoms with Crippen LogP contribution in [0.5, 0.6) is 17.2 Å². The van der Waals surface area contributed by atoms with E-state index in [1.807, 2.05) is 25.1 Å². The summed E-state index contributed by atoms with van der Waals surface area (Å²) in [5.74, 6) is 2.46. The van der Waals surface area contributed by atoms with Crippen molar-refractivity contribution < 1.29 is 18.6 Å². The van der Waals surface area contributed by atoms with Crippen LogP contribution in [0.3, 0.4) is 0 Å². The molecule has 0 aromatic heterocycles. The van der Waals surface area contributed by atoms with E-state index in [1.165, 1.54) is 11.6 Å². The molecule has 33 heavy (non-hydrogen) atoms. The Labute approximate surface area is 192 Å². The maximum absolute atomic E-state index is 13.9. The number of ether oxygens (including phenoxy) is 3. The van der Waals surface area contributed by atoms with Gasteiger partial charge in [-0.3, -0.25) is 0 Å². The average Bonchev–Trinajstić information content (AvgIpc) is 3.46. The van der Waals surface area contributed by atoms with Crippen molar-refractivity contribution in [3.63, 3.8) is 0 Å². The number of hydrogen-bond donors (Lipinski definition) is 2. The van der Waals surface area contributed by atoms with E-state index in [0.717, 1.165) is 40.6 Å². The smallest absolute Gasteiger partial charge is 0.231 e. The zero-order valence-electron chi connectivity index (χ0n) is 18.4. The Morgan fingerprint density at radius 2 is 1.88 bits per heavy atom. The second-order valence-electron chi connectivity index (χ2n) is 8.68. The number of nitrogens with one attached hydrogen (secondary N) is 2. The molecular weight excluding hydrogens is 421 g/mol. The molecule has 170 valence electrons. The molecule has 1 fully saturated rings. The summed E-state index contributed by atoms with van der Waals surface area (Å²) >= 11 is 0. The summed E-state index contributed by atoms with van der Waals surface area (Å²) in [5, 5.41) is 0. The Bertz CT molecular complexity index is 1190. The van der Waals surface area contributed by atoms with E-state index in [-0.39, 0.29) is 30.6 Å². The lowest BCUT2D eigenvalue weighted by Crippen LogP contribution is -2.39. The molecule has 0 radical (unpaired) electrons. The highest BCUT2D eigenvalue weighted by molar-refractivity contribution is 5.61. The van der Waals surface area contributed by atoms with Gasteiger partial charge in [0, 0.05) is 24.7 Å². The molecule has 0 amide bonds. The molecule has 6 rings (SSSR count). The number of fused-ring (bicyclic) bond motifs is 4. The summed E-state index contributed by atoms with van der Waals surface area (Å²) in [6.07, 6.45) is 0. The summed E-state index contributed by atoms with van der Waals surface area (Å²) in [6.45, 7) is 4.32. The zero-order chi connectivity index (χ0) is 22.4. The summed E-state index contributed by atoms with van der Waals surface area (Å²) in [5.41, 5.74) is 11.5. The molecule has 7 heteroatoms. The van der Waals surface area contributed by atoms with Gasteiger partial charge in [-0.1, -0.05) is 18.2 Å². The second-order valence-corrected chi connectivity index (χ2v) is 8.68. The predicted octanol–water partition coefficient (Wildman–Crippen LogP) is 4.48. The molecule has 0 aliphatic carbocycles. The van der Waals surface area contributed by atoms with Crippen molar-refractivity contribution in [3.05, 3.63) is 83.2 Å². The van der Waals surface area contributed by atoms with Crippen LogP contribution in [-0.2, 0) is 6.54 Å². The van der Waals surface area contributed by atoms with Gasteiger partial charge in [0.15, 0.2) is 11.5 Å². The van der Waals surface area contributed by atoms with Crippen LogP contribution in [0.2, 0.25) is 0 Å². The summed E-state index contributed by atoms with van der Waals surface area (Å²) in [6, 6.07) is 19.4. The summed E-state index contributed by atoms with van der Waals surface area (Å²) in [4.78, 5) is 2.34. The maximum atomic E-state index is 13.9. The lowest BCUT2D eigenvalue weighted by atomic mass is 9.81. The van der Waals surface area contributed by atoms with Crippen LogP contribution in [0.4, 0.5) is 10.1 Å². The van der Waals surface area contributed by atoms with Gasteiger partial charge >= 0.3 is 0 Å². The number of hydrogen-bond acceptors (Lipinski definition) is 6. The largest absolute Gasteiger partial charge is 0.494 e. The topological polar surface area (TPSA) is 55.0 Å². The number of halogens is 1. The first-order chi connectivity index (χ1) is 16.2. The minimum atomic E-state index is -0.211. The van der Waals surface area contributed by atoms with E-state index in [4.69, 9.17) is 14.2 Å². The third-order valence-electron chi connectivity index (χ3n) is 6.69. The van der Waals surface area contributed by atoms with Crippen LogP contribution in [0.1, 0.15) is 35.7 Å². The molecule has 1 saturated heterocycles. The standard InChI is InChI=1S/C26H26FN3O3/c1-2-31-19-7-8-22-20(12-19)26-21(14-30(22)13-16-4-3-5-18(27)10-16)25(28-29-26)17-6-9-23-24(11-17)33-15-32-23/h3-12,21,25-26,28-29H,2,13-15H2,1H3. The van der Waals surface area contributed by atoms with Gasteiger partial charge in [0.1, 0.15) is 11.6 Å². The van der Waals surface area contributed by atoms with Gasteiger partial charge in [-0.15, -0.1) is 0 Å². The fraction of sp³-hybridized carbons (Fsp3) is 0.308. The van der Waals surface area contributed by atoms with Gasteiger partial charge in [-0.25, -0.2) is 15.2 Å². The molecular formula is C26H26FN3O3. The van der Waals surface area contributed by atoms with Gasteiger partial charge in [-0.05, 0) is 66.1 Å².